The maximum atomic E-state index is 11.9. The van der Waals surface area contributed by atoms with Crippen LogP contribution in [0.25, 0.3) is 11.1 Å². The monoisotopic (exact) mass is 325 g/mol. The molecule has 0 bridgehead atoms. The molecular formula is C20H27N3O. The number of rotatable bonds is 3. The molecule has 0 unspecified atom stereocenters. The van der Waals surface area contributed by atoms with E-state index in [-0.39, 0.29) is 5.56 Å². The normalized spacial score (nSPS) is 15.7. The highest BCUT2D eigenvalue weighted by molar-refractivity contribution is 5.68. The first-order valence-corrected chi connectivity index (χ1v) is 8.66. The van der Waals surface area contributed by atoms with Gasteiger partial charge in [0.1, 0.15) is 0 Å². The predicted octanol–water partition coefficient (Wildman–Crippen LogP) is 2.38. The van der Waals surface area contributed by atoms with Crippen LogP contribution in [0, 0.1) is 20.8 Å². The van der Waals surface area contributed by atoms with E-state index in [4.69, 9.17) is 0 Å². The molecular weight excluding hydrogens is 298 g/mol. The van der Waals surface area contributed by atoms with Crippen LogP contribution < -0.4 is 10.9 Å². The fraction of sp³-hybridized carbons (Fsp3) is 0.450. The lowest BCUT2D eigenvalue weighted by Crippen LogP contribution is -2.43. The molecule has 2 aromatic rings. The van der Waals surface area contributed by atoms with Crippen molar-refractivity contribution < 1.29 is 0 Å². The molecule has 1 saturated heterocycles. The summed E-state index contributed by atoms with van der Waals surface area (Å²) in [7, 11) is 1.82. The highest BCUT2D eigenvalue weighted by Crippen LogP contribution is 2.27. The summed E-state index contributed by atoms with van der Waals surface area (Å²) in [6, 6.07) is 6.58. The summed E-state index contributed by atoms with van der Waals surface area (Å²) in [6.45, 7) is 11.6. The third-order valence-electron chi connectivity index (χ3n) is 4.96. The van der Waals surface area contributed by atoms with Crippen molar-refractivity contribution in [1.82, 2.24) is 14.8 Å². The predicted molar refractivity (Wildman–Crippen MR) is 99.5 cm³/mol. The number of hydrogen-bond acceptors (Lipinski definition) is 3. The molecule has 0 radical (unpaired) electrons. The molecule has 4 nitrogen and oxygen atoms in total. The van der Waals surface area contributed by atoms with Crippen LogP contribution in [0.15, 0.2) is 29.2 Å². The minimum absolute atomic E-state index is 0.0726. The molecule has 1 N–H and O–H groups in total. The van der Waals surface area contributed by atoms with Gasteiger partial charge in [0.15, 0.2) is 0 Å². The molecule has 4 heteroatoms. The number of pyridine rings is 1. The van der Waals surface area contributed by atoms with Crippen molar-refractivity contribution in [1.29, 1.82) is 0 Å². The van der Waals surface area contributed by atoms with Crippen LogP contribution in [0.4, 0.5) is 0 Å². The Hall–Kier alpha value is -1.91. The van der Waals surface area contributed by atoms with Gasteiger partial charge in [-0.2, -0.15) is 0 Å². The minimum Gasteiger partial charge on any atom is -0.318 e. The first kappa shape index (κ1) is 16.9. The highest BCUT2D eigenvalue weighted by atomic mass is 16.1. The molecule has 2 heterocycles. The van der Waals surface area contributed by atoms with E-state index in [9.17, 15) is 4.79 Å². The molecule has 0 amide bonds. The molecule has 1 aliphatic heterocycles. The second kappa shape index (κ2) is 6.91. The van der Waals surface area contributed by atoms with E-state index in [1.807, 2.05) is 26.2 Å². The van der Waals surface area contributed by atoms with E-state index >= 15 is 0 Å². The molecule has 1 aromatic heterocycles. The molecule has 128 valence electrons. The average molecular weight is 325 g/mol. The zero-order valence-corrected chi connectivity index (χ0v) is 15.1. The van der Waals surface area contributed by atoms with Gasteiger partial charge in [-0.25, -0.2) is 0 Å². The second-order valence-electron chi connectivity index (χ2n) is 6.95. The highest BCUT2D eigenvalue weighted by Gasteiger charge is 2.13. The van der Waals surface area contributed by atoms with Crippen molar-refractivity contribution >= 4 is 0 Å². The smallest absolute Gasteiger partial charge is 0.253 e. The van der Waals surface area contributed by atoms with Crippen LogP contribution in [0.5, 0.6) is 0 Å². The zero-order chi connectivity index (χ0) is 17.3. The van der Waals surface area contributed by atoms with Gasteiger partial charge in [0.2, 0.25) is 0 Å². The van der Waals surface area contributed by atoms with Gasteiger partial charge in [0.25, 0.3) is 5.56 Å². The van der Waals surface area contributed by atoms with E-state index in [1.54, 1.807) is 4.57 Å². The Kier molecular flexibility index (Phi) is 4.88. The number of benzene rings is 1. The lowest BCUT2D eigenvalue weighted by Gasteiger charge is -2.28. The Bertz CT molecular complexity index is 775. The van der Waals surface area contributed by atoms with Gasteiger partial charge in [0, 0.05) is 51.5 Å². The third-order valence-corrected chi connectivity index (χ3v) is 4.96. The number of nitrogens with zero attached hydrogens (tertiary/aromatic N) is 2. The Labute approximate surface area is 144 Å². The average Bonchev–Trinajstić information content (AvgIpc) is 2.56. The second-order valence-corrected chi connectivity index (χ2v) is 6.95. The summed E-state index contributed by atoms with van der Waals surface area (Å²) in [6.07, 6.45) is 1.94. The summed E-state index contributed by atoms with van der Waals surface area (Å²) in [4.78, 5) is 14.4. The van der Waals surface area contributed by atoms with Crippen molar-refractivity contribution in [2.45, 2.75) is 27.3 Å². The molecule has 1 aliphatic rings. The zero-order valence-electron chi connectivity index (χ0n) is 15.1. The lowest BCUT2D eigenvalue weighted by atomic mass is 9.95. The van der Waals surface area contributed by atoms with Crippen molar-refractivity contribution in [2.24, 2.45) is 7.05 Å². The first-order chi connectivity index (χ1) is 11.5. The van der Waals surface area contributed by atoms with Gasteiger partial charge in [-0.3, -0.25) is 9.69 Å². The van der Waals surface area contributed by atoms with Gasteiger partial charge in [-0.05, 0) is 54.7 Å². The number of piperazine rings is 1. The maximum Gasteiger partial charge on any atom is 0.253 e. The van der Waals surface area contributed by atoms with E-state index in [1.165, 1.54) is 22.3 Å². The van der Waals surface area contributed by atoms with E-state index in [2.05, 4.69) is 36.2 Å². The fourth-order valence-corrected chi connectivity index (χ4v) is 3.49. The molecule has 1 aromatic carbocycles. The van der Waals surface area contributed by atoms with Gasteiger partial charge in [-0.1, -0.05) is 12.1 Å². The summed E-state index contributed by atoms with van der Waals surface area (Å²) in [5, 5.41) is 3.40. The van der Waals surface area contributed by atoms with Crippen molar-refractivity contribution in [3.05, 3.63) is 57.0 Å². The van der Waals surface area contributed by atoms with Crippen LogP contribution in [0.1, 0.15) is 22.3 Å². The van der Waals surface area contributed by atoms with Crippen molar-refractivity contribution in [3.8, 4) is 11.1 Å². The molecule has 0 saturated carbocycles. The number of nitrogens with one attached hydrogen (secondary N) is 1. The SMILES string of the molecule is Cc1cc(-c2cc(C)c(=O)n(C)c2)c(C)cc1CN1CCNCC1. The topological polar surface area (TPSA) is 37.3 Å². The number of aromatic nitrogens is 1. The lowest BCUT2D eigenvalue weighted by molar-refractivity contribution is 0.233. The van der Waals surface area contributed by atoms with Gasteiger partial charge in [-0.15, -0.1) is 0 Å². The molecule has 1 fully saturated rings. The van der Waals surface area contributed by atoms with Gasteiger partial charge < -0.3 is 9.88 Å². The quantitative estimate of drug-likeness (QED) is 0.941. The van der Waals surface area contributed by atoms with Crippen LogP contribution in [0.2, 0.25) is 0 Å². The van der Waals surface area contributed by atoms with Crippen LogP contribution in [-0.4, -0.2) is 35.6 Å². The van der Waals surface area contributed by atoms with E-state index < -0.39 is 0 Å². The molecule has 0 atom stereocenters. The van der Waals surface area contributed by atoms with E-state index in [0.717, 1.165) is 43.9 Å². The van der Waals surface area contributed by atoms with Crippen LogP contribution >= 0.6 is 0 Å². The standard InChI is InChI=1S/C20H27N3O/c1-14-11-19(18-10-16(3)20(24)22(4)12-18)15(2)9-17(14)13-23-7-5-21-6-8-23/h9-12,21H,5-8,13H2,1-4H3. The summed E-state index contributed by atoms with van der Waals surface area (Å²) in [5.41, 5.74) is 7.18. The summed E-state index contributed by atoms with van der Waals surface area (Å²) < 4.78 is 1.67. The molecule has 0 aliphatic carbocycles. The van der Waals surface area contributed by atoms with Crippen LogP contribution in [0.3, 0.4) is 0 Å². The van der Waals surface area contributed by atoms with Crippen molar-refractivity contribution in [3.63, 3.8) is 0 Å². The summed E-state index contributed by atoms with van der Waals surface area (Å²) >= 11 is 0. The number of aryl methyl sites for hydroxylation is 4. The third kappa shape index (κ3) is 3.45. The Balaban J connectivity index is 1.93. The van der Waals surface area contributed by atoms with E-state index in [0.29, 0.717) is 0 Å². The molecule has 0 spiro atoms. The fourth-order valence-electron chi connectivity index (χ4n) is 3.49. The van der Waals surface area contributed by atoms with Gasteiger partial charge in [0.05, 0.1) is 0 Å². The summed E-state index contributed by atoms with van der Waals surface area (Å²) in [5.74, 6) is 0. The first-order valence-electron chi connectivity index (χ1n) is 8.66. The Morgan fingerprint density at radius 1 is 1.00 bits per heavy atom. The molecule has 3 rings (SSSR count). The number of hydrogen-bond donors (Lipinski definition) is 1. The minimum atomic E-state index is 0.0726. The largest absolute Gasteiger partial charge is 0.318 e. The van der Waals surface area contributed by atoms with Gasteiger partial charge >= 0.3 is 0 Å². The maximum absolute atomic E-state index is 11.9. The molecule has 24 heavy (non-hydrogen) atoms. The Morgan fingerprint density at radius 3 is 2.38 bits per heavy atom. The van der Waals surface area contributed by atoms with Crippen molar-refractivity contribution in [2.75, 3.05) is 26.2 Å². The Morgan fingerprint density at radius 2 is 1.71 bits per heavy atom. The van der Waals surface area contributed by atoms with Crippen LogP contribution in [-0.2, 0) is 13.6 Å².